The Morgan fingerprint density at radius 2 is 1.95 bits per heavy atom. The van der Waals surface area contributed by atoms with E-state index in [-0.39, 0.29) is 0 Å². The largest absolute Gasteiger partial charge is 0.232 e. The maximum absolute atomic E-state index is 6.27. The summed E-state index contributed by atoms with van der Waals surface area (Å²) >= 11 is 8.52. The third kappa shape index (κ3) is 2.63. The minimum atomic E-state index is 0.576. The number of aryl methyl sites for hydroxylation is 2. The van der Waals surface area contributed by atoms with E-state index >= 15 is 0 Å². The van der Waals surface area contributed by atoms with Gasteiger partial charge in [-0.05, 0) is 54.8 Å². The van der Waals surface area contributed by atoms with Gasteiger partial charge in [-0.2, -0.15) is 0 Å². The molecule has 0 aliphatic heterocycles. The fraction of sp³-hybridized carbons (Fsp3) is 0.333. The summed E-state index contributed by atoms with van der Waals surface area (Å²) in [5, 5.41) is 0.576. The Morgan fingerprint density at radius 3 is 2.58 bits per heavy atom. The molecule has 4 heteroatoms. The van der Waals surface area contributed by atoms with Gasteiger partial charge in [0, 0.05) is 11.5 Å². The van der Waals surface area contributed by atoms with E-state index in [1.165, 1.54) is 24.0 Å². The molecule has 0 spiro atoms. The summed E-state index contributed by atoms with van der Waals surface area (Å²) in [5.74, 6) is 1.33. The second-order valence-corrected chi connectivity index (χ2v) is 6.57. The van der Waals surface area contributed by atoms with Gasteiger partial charge in [-0.15, -0.1) is 0 Å². The first-order valence-electron chi connectivity index (χ1n) is 6.37. The van der Waals surface area contributed by atoms with Crippen LogP contribution < -0.4 is 0 Å². The first kappa shape index (κ1) is 13.3. The van der Waals surface area contributed by atoms with Crippen molar-refractivity contribution in [3.05, 3.63) is 43.7 Å². The Bertz CT molecular complexity index is 651. The first-order chi connectivity index (χ1) is 9.06. The van der Waals surface area contributed by atoms with Gasteiger partial charge in [0.1, 0.15) is 5.15 Å². The summed E-state index contributed by atoms with van der Waals surface area (Å²) < 4.78 is 1.01. The van der Waals surface area contributed by atoms with Crippen LogP contribution >= 0.6 is 34.2 Å². The second-order valence-electron chi connectivity index (χ2n) is 5.13. The van der Waals surface area contributed by atoms with Gasteiger partial charge in [0.25, 0.3) is 0 Å². The molecule has 0 saturated heterocycles. The maximum Gasteiger partial charge on any atom is 0.161 e. The minimum absolute atomic E-state index is 0.576. The molecule has 0 N–H and O–H groups in total. The molecule has 1 fully saturated rings. The van der Waals surface area contributed by atoms with Crippen LogP contribution in [-0.4, -0.2) is 9.97 Å². The van der Waals surface area contributed by atoms with Gasteiger partial charge in [0.15, 0.2) is 5.82 Å². The highest BCUT2D eigenvalue weighted by Gasteiger charge is 2.29. The number of nitrogens with zero attached hydrogens (tertiary/aromatic N) is 2. The normalized spacial score (nSPS) is 14.7. The fourth-order valence-electron chi connectivity index (χ4n) is 2.25. The smallest absolute Gasteiger partial charge is 0.161 e. The number of hydrogen-bond acceptors (Lipinski definition) is 2. The van der Waals surface area contributed by atoms with Crippen molar-refractivity contribution in [3.8, 4) is 11.4 Å². The molecule has 1 aromatic carbocycles. The first-order valence-corrected chi connectivity index (χ1v) is 7.82. The Labute approximate surface area is 131 Å². The van der Waals surface area contributed by atoms with Crippen LogP contribution in [0, 0.1) is 17.4 Å². The van der Waals surface area contributed by atoms with Crippen molar-refractivity contribution >= 4 is 34.2 Å². The summed E-state index contributed by atoms with van der Waals surface area (Å²) in [6, 6.07) is 6.33. The van der Waals surface area contributed by atoms with Gasteiger partial charge in [-0.1, -0.05) is 35.4 Å². The molecule has 1 saturated carbocycles. The van der Waals surface area contributed by atoms with Gasteiger partial charge in [-0.25, -0.2) is 9.97 Å². The Kier molecular flexibility index (Phi) is 3.52. The highest BCUT2D eigenvalue weighted by molar-refractivity contribution is 14.1. The summed E-state index contributed by atoms with van der Waals surface area (Å²) in [5.41, 5.74) is 4.64. The van der Waals surface area contributed by atoms with Crippen LogP contribution in [0.4, 0.5) is 0 Å². The van der Waals surface area contributed by atoms with Crippen molar-refractivity contribution in [1.82, 2.24) is 9.97 Å². The van der Waals surface area contributed by atoms with E-state index in [0.717, 1.165) is 20.7 Å². The van der Waals surface area contributed by atoms with Crippen molar-refractivity contribution in [3.63, 3.8) is 0 Å². The molecular weight excluding hydrogens is 371 g/mol. The number of hydrogen-bond donors (Lipinski definition) is 0. The lowest BCUT2D eigenvalue weighted by Crippen LogP contribution is -2.00. The monoisotopic (exact) mass is 384 g/mol. The molecule has 0 atom stereocenters. The maximum atomic E-state index is 6.27. The third-order valence-electron chi connectivity index (χ3n) is 3.42. The van der Waals surface area contributed by atoms with Crippen LogP contribution in [-0.2, 0) is 0 Å². The van der Waals surface area contributed by atoms with E-state index in [2.05, 4.69) is 59.6 Å². The lowest BCUT2D eigenvalue weighted by atomic mass is 10.1. The lowest BCUT2D eigenvalue weighted by Gasteiger charge is -2.10. The predicted octanol–water partition coefficient (Wildman–Crippen LogP) is 4.90. The number of halogens is 2. The molecule has 0 bridgehead atoms. The molecule has 1 aliphatic carbocycles. The second kappa shape index (κ2) is 5.02. The molecule has 98 valence electrons. The van der Waals surface area contributed by atoms with Crippen LogP contribution in [0.5, 0.6) is 0 Å². The molecule has 2 aromatic rings. The third-order valence-corrected chi connectivity index (χ3v) is 5.08. The van der Waals surface area contributed by atoms with Gasteiger partial charge < -0.3 is 0 Å². The van der Waals surface area contributed by atoms with E-state index in [1.54, 1.807) is 0 Å². The number of benzene rings is 1. The van der Waals surface area contributed by atoms with Gasteiger partial charge in [-0.3, -0.25) is 0 Å². The highest BCUT2D eigenvalue weighted by Crippen LogP contribution is 2.42. The fourth-order valence-corrected chi connectivity index (χ4v) is 3.11. The van der Waals surface area contributed by atoms with Crippen molar-refractivity contribution in [2.45, 2.75) is 32.6 Å². The van der Waals surface area contributed by atoms with E-state index in [0.29, 0.717) is 11.1 Å². The van der Waals surface area contributed by atoms with Crippen molar-refractivity contribution in [2.24, 2.45) is 0 Å². The summed E-state index contributed by atoms with van der Waals surface area (Å²) in [6.45, 7) is 4.18. The van der Waals surface area contributed by atoms with Gasteiger partial charge >= 0.3 is 0 Å². The van der Waals surface area contributed by atoms with Gasteiger partial charge in [0.2, 0.25) is 0 Å². The van der Waals surface area contributed by atoms with Crippen LogP contribution in [0.15, 0.2) is 18.2 Å². The molecule has 19 heavy (non-hydrogen) atoms. The van der Waals surface area contributed by atoms with Crippen LogP contribution in [0.25, 0.3) is 11.4 Å². The van der Waals surface area contributed by atoms with Crippen LogP contribution in [0.3, 0.4) is 0 Å². The number of aromatic nitrogens is 2. The Hall–Kier alpha value is -0.680. The van der Waals surface area contributed by atoms with Crippen LogP contribution in [0.1, 0.15) is 35.6 Å². The molecule has 1 aliphatic rings. The SMILES string of the molecule is Cc1ccc(-c2nc(Cl)c(I)c(C3CC3)n2)c(C)c1. The zero-order valence-corrected chi connectivity index (χ0v) is 13.8. The summed E-state index contributed by atoms with van der Waals surface area (Å²) in [7, 11) is 0. The van der Waals surface area contributed by atoms with Crippen molar-refractivity contribution in [1.29, 1.82) is 0 Å². The van der Waals surface area contributed by atoms with Gasteiger partial charge in [0.05, 0.1) is 9.26 Å². The quantitative estimate of drug-likeness (QED) is 0.544. The molecule has 2 nitrogen and oxygen atoms in total. The molecule has 0 radical (unpaired) electrons. The molecule has 1 heterocycles. The average Bonchev–Trinajstić information content (AvgIpc) is 3.17. The summed E-state index contributed by atoms with van der Waals surface area (Å²) in [4.78, 5) is 9.20. The molecule has 0 unspecified atom stereocenters. The van der Waals surface area contributed by atoms with E-state index < -0.39 is 0 Å². The predicted molar refractivity (Wildman–Crippen MR) is 86.6 cm³/mol. The van der Waals surface area contributed by atoms with E-state index in [9.17, 15) is 0 Å². The zero-order valence-electron chi connectivity index (χ0n) is 10.9. The molecule has 3 rings (SSSR count). The van der Waals surface area contributed by atoms with Crippen molar-refractivity contribution < 1.29 is 0 Å². The van der Waals surface area contributed by atoms with Crippen molar-refractivity contribution in [2.75, 3.05) is 0 Å². The standard InChI is InChI=1S/C15H14ClIN2/c1-8-3-6-11(9(2)7-8)15-18-13(10-4-5-10)12(17)14(16)19-15/h3,6-7,10H,4-5H2,1-2H3. The highest BCUT2D eigenvalue weighted by atomic mass is 127. The van der Waals surface area contributed by atoms with E-state index in [4.69, 9.17) is 16.6 Å². The Morgan fingerprint density at radius 1 is 1.21 bits per heavy atom. The van der Waals surface area contributed by atoms with E-state index in [1.807, 2.05) is 0 Å². The summed E-state index contributed by atoms with van der Waals surface area (Å²) in [6.07, 6.45) is 2.44. The minimum Gasteiger partial charge on any atom is -0.232 e. The lowest BCUT2D eigenvalue weighted by molar-refractivity contribution is 0.976. The zero-order chi connectivity index (χ0) is 13.6. The Balaban J connectivity index is 2.14. The topological polar surface area (TPSA) is 25.8 Å². The van der Waals surface area contributed by atoms with Crippen LogP contribution in [0.2, 0.25) is 5.15 Å². The molecular formula is C15H14ClIN2. The molecule has 0 amide bonds. The average molecular weight is 385 g/mol. The molecule has 1 aromatic heterocycles. The number of rotatable bonds is 2.